The van der Waals surface area contributed by atoms with Crippen molar-refractivity contribution in [2.24, 2.45) is 0 Å². The van der Waals surface area contributed by atoms with Gasteiger partial charge in [-0.25, -0.2) is 4.98 Å². The quantitative estimate of drug-likeness (QED) is 0.715. The molecule has 1 heterocycles. The predicted molar refractivity (Wildman–Crippen MR) is 78.3 cm³/mol. The van der Waals surface area contributed by atoms with E-state index in [1.165, 1.54) is 18.4 Å². The van der Waals surface area contributed by atoms with Gasteiger partial charge < -0.3 is 15.3 Å². The molecule has 1 aliphatic rings. The van der Waals surface area contributed by atoms with E-state index in [2.05, 4.69) is 28.2 Å². The van der Waals surface area contributed by atoms with Crippen LogP contribution in [0, 0.1) is 0 Å². The molecule has 2 N–H and O–H groups in total. The minimum absolute atomic E-state index is 0.176. The van der Waals surface area contributed by atoms with Crippen molar-refractivity contribution in [3.05, 3.63) is 23.9 Å². The molecule has 106 valence electrons. The summed E-state index contributed by atoms with van der Waals surface area (Å²) in [7, 11) is 0. The minimum Gasteiger partial charge on any atom is -0.395 e. The third-order valence-corrected chi connectivity index (χ3v) is 3.48. The van der Waals surface area contributed by atoms with Crippen molar-refractivity contribution in [1.82, 2.24) is 10.3 Å². The molecule has 19 heavy (non-hydrogen) atoms. The molecule has 0 amide bonds. The maximum Gasteiger partial charge on any atom is 0.133 e. The van der Waals surface area contributed by atoms with Crippen LogP contribution < -0.4 is 10.2 Å². The second kappa shape index (κ2) is 7.46. The third-order valence-electron chi connectivity index (χ3n) is 3.48. The molecule has 1 fully saturated rings. The molecular weight excluding hydrogens is 238 g/mol. The summed E-state index contributed by atoms with van der Waals surface area (Å²) in [4.78, 5) is 6.73. The Morgan fingerprint density at radius 1 is 1.42 bits per heavy atom. The first-order valence-corrected chi connectivity index (χ1v) is 7.38. The van der Waals surface area contributed by atoms with E-state index in [4.69, 9.17) is 0 Å². The number of hydrogen-bond donors (Lipinski definition) is 2. The topological polar surface area (TPSA) is 48.4 Å². The van der Waals surface area contributed by atoms with Gasteiger partial charge in [0.1, 0.15) is 5.82 Å². The van der Waals surface area contributed by atoms with Crippen LogP contribution in [0.5, 0.6) is 0 Å². The van der Waals surface area contributed by atoms with Crippen molar-refractivity contribution in [3.63, 3.8) is 0 Å². The van der Waals surface area contributed by atoms with Crippen LogP contribution in [0.2, 0.25) is 0 Å². The Kier molecular flexibility index (Phi) is 5.61. The zero-order valence-electron chi connectivity index (χ0n) is 11.8. The Bertz CT molecular complexity index is 379. The van der Waals surface area contributed by atoms with E-state index in [9.17, 15) is 5.11 Å². The second-order valence-corrected chi connectivity index (χ2v) is 5.21. The van der Waals surface area contributed by atoms with E-state index in [-0.39, 0.29) is 6.61 Å². The molecule has 0 bridgehead atoms. The standard InChI is InChI=1S/C15H25N3O/c1-2-3-9-18(10-11-19)15-13(5-4-8-16-15)12-17-14-6-7-14/h4-5,8,14,17,19H,2-3,6-7,9-12H2,1H3. The number of unbranched alkanes of at least 4 members (excludes halogenated alkanes) is 1. The van der Waals surface area contributed by atoms with E-state index in [1.807, 2.05) is 12.3 Å². The number of nitrogens with one attached hydrogen (secondary N) is 1. The lowest BCUT2D eigenvalue weighted by Gasteiger charge is -2.25. The molecule has 0 unspecified atom stereocenters. The molecule has 0 spiro atoms. The number of aromatic nitrogens is 1. The lowest BCUT2D eigenvalue weighted by Crippen LogP contribution is -2.30. The zero-order chi connectivity index (χ0) is 13.5. The molecule has 1 saturated carbocycles. The monoisotopic (exact) mass is 263 g/mol. The second-order valence-electron chi connectivity index (χ2n) is 5.21. The van der Waals surface area contributed by atoms with Crippen LogP contribution in [0.25, 0.3) is 0 Å². The first-order valence-electron chi connectivity index (χ1n) is 7.38. The van der Waals surface area contributed by atoms with Gasteiger partial charge in [0.25, 0.3) is 0 Å². The Morgan fingerprint density at radius 2 is 2.26 bits per heavy atom. The van der Waals surface area contributed by atoms with E-state index in [1.54, 1.807) is 0 Å². The maximum absolute atomic E-state index is 9.23. The highest BCUT2D eigenvalue weighted by atomic mass is 16.3. The molecule has 0 atom stereocenters. The zero-order valence-corrected chi connectivity index (χ0v) is 11.8. The van der Waals surface area contributed by atoms with Crippen LogP contribution >= 0.6 is 0 Å². The van der Waals surface area contributed by atoms with Crippen LogP contribution in [0.15, 0.2) is 18.3 Å². The minimum atomic E-state index is 0.176. The van der Waals surface area contributed by atoms with Gasteiger partial charge in [-0.2, -0.15) is 0 Å². The van der Waals surface area contributed by atoms with Crippen LogP contribution in [-0.4, -0.2) is 35.8 Å². The normalized spacial score (nSPS) is 14.6. The summed E-state index contributed by atoms with van der Waals surface area (Å²) in [6, 6.07) is 4.83. The summed E-state index contributed by atoms with van der Waals surface area (Å²) < 4.78 is 0. The maximum atomic E-state index is 9.23. The number of aliphatic hydroxyl groups excluding tert-OH is 1. The molecule has 1 aromatic heterocycles. The summed E-state index contributed by atoms with van der Waals surface area (Å²) in [5, 5.41) is 12.8. The Labute approximate surface area is 115 Å². The van der Waals surface area contributed by atoms with Crippen LogP contribution in [0.4, 0.5) is 5.82 Å². The van der Waals surface area contributed by atoms with Crippen molar-refractivity contribution in [2.75, 3.05) is 24.6 Å². The number of pyridine rings is 1. The highest BCUT2D eigenvalue weighted by Crippen LogP contribution is 2.22. The fourth-order valence-electron chi connectivity index (χ4n) is 2.19. The van der Waals surface area contributed by atoms with Crippen molar-refractivity contribution < 1.29 is 5.11 Å². The average molecular weight is 263 g/mol. The number of rotatable bonds is 9. The highest BCUT2D eigenvalue weighted by Gasteiger charge is 2.21. The smallest absolute Gasteiger partial charge is 0.133 e. The summed E-state index contributed by atoms with van der Waals surface area (Å²) in [5.74, 6) is 1.03. The van der Waals surface area contributed by atoms with E-state index < -0.39 is 0 Å². The first-order chi connectivity index (χ1) is 9.35. The van der Waals surface area contributed by atoms with Gasteiger partial charge in [0.2, 0.25) is 0 Å². The third kappa shape index (κ3) is 4.48. The number of hydrogen-bond acceptors (Lipinski definition) is 4. The summed E-state index contributed by atoms with van der Waals surface area (Å²) in [6.07, 6.45) is 6.72. The molecule has 0 aromatic carbocycles. The summed E-state index contributed by atoms with van der Waals surface area (Å²) in [5.41, 5.74) is 1.24. The largest absolute Gasteiger partial charge is 0.395 e. The lowest BCUT2D eigenvalue weighted by molar-refractivity contribution is 0.301. The van der Waals surface area contributed by atoms with E-state index in [0.29, 0.717) is 12.6 Å². The van der Waals surface area contributed by atoms with Gasteiger partial charge in [-0.3, -0.25) is 0 Å². The van der Waals surface area contributed by atoms with Gasteiger partial charge in [-0.15, -0.1) is 0 Å². The fourth-order valence-corrected chi connectivity index (χ4v) is 2.19. The first kappa shape index (κ1) is 14.3. The highest BCUT2D eigenvalue weighted by molar-refractivity contribution is 5.46. The number of nitrogens with zero attached hydrogens (tertiary/aromatic N) is 2. The Hall–Kier alpha value is -1.13. The van der Waals surface area contributed by atoms with Crippen molar-refractivity contribution in [2.45, 2.75) is 45.2 Å². The number of aliphatic hydroxyl groups is 1. The molecule has 0 aliphatic heterocycles. The van der Waals surface area contributed by atoms with Gasteiger partial charge in [0.15, 0.2) is 0 Å². The Morgan fingerprint density at radius 3 is 2.95 bits per heavy atom. The summed E-state index contributed by atoms with van der Waals surface area (Å²) >= 11 is 0. The van der Waals surface area contributed by atoms with Crippen LogP contribution in [0.1, 0.15) is 38.2 Å². The molecule has 4 heteroatoms. The SMILES string of the molecule is CCCCN(CCO)c1ncccc1CNC1CC1. The molecule has 1 aromatic rings. The summed E-state index contributed by atoms with van der Waals surface area (Å²) in [6.45, 7) is 4.86. The lowest BCUT2D eigenvalue weighted by atomic mass is 10.2. The molecule has 0 radical (unpaired) electrons. The van der Waals surface area contributed by atoms with Crippen molar-refractivity contribution in [3.8, 4) is 0 Å². The van der Waals surface area contributed by atoms with Gasteiger partial charge in [0, 0.05) is 37.4 Å². The van der Waals surface area contributed by atoms with E-state index in [0.717, 1.165) is 31.7 Å². The van der Waals surface area contributed by atoms with Gasteiger partial charge >= 0.3 is 0 Å². The van der Waals surface area contributed by atoms with Gasteiger partial charge in [-0.05, 0) is 25.3 Å². The van der Waals surface area contributed by atoms with Crippen LogP contribution in [0.3, 0.4) is 0 Å². The molecule has 1 aliphatic carbocycles. The van der Waals surface area contributed by atoms with Crippen molar-refractivity contribution >= 4 is 5.82 Å². The fraction of sp³-hybridized carbons (Fsp3) is 0.667. The molecular formula is C15H25N3O. The van der Waals surface area contributed by atoms with E-state index >= 15 is 0 Å². The Balaban J connectivity index is 2.04. The molecule has 4 nitrogen and oxygen atoms in total. The van der Waals surface area contributed by atoms with Crippen LogP contribution in [-0.2, 0) is 6.54 Å². The molecule has 0 saturated heterocycles. The predicted octanol–water partition coefficient (Wildman–Crippen LogP) is 1.93. The van der Waals surface area contributed by atoms with Crippen molar-refractivity contribution in [1.29, 1.82) is 0 Å². The van der Waals surface area contributed by atoms with Gasteiger partial charge in [0.05, 0.1) is 6.61 Å². The number of anilines is 1. The molecule has 2 rings (SSSR count). The average Bonchev–Trinajstić information content (AvgIpc) is 3.26. The van der Waals surface area contributed by atoms with Gasteiger partial charge in [-0.1, -0.05) is 19.4 Å².